The molecule has 1 fully saturated rings. The van der Waals surface area contributed by atoms with Gasteiger partial charge in [-0.05, 0) is 58.0 Å². The second-order valence-electron chi connectivity index (χ2n) is 8.21. The Kier molecular flexibility index (Phi) is 5.11. The lowest BCUT2D eigenvalue weighted by Gasteiger charge is -2.30. The fourth-order valence-electron chi connectivity index (χ4n) is 4.39. The maximum absolute atomic E-state index is 15.1. The molecule has 5 rings (SSSR count). The van der Waals surface area contributed by atoms with Crippen molar-refractivity contribution < 1.29 is 13.9 Å². The minimum Gasteiger partial charge on any atom is -0.436 e. The fraction of sp³-hybridized carbons (Fsp3) is 0.391. The number of benzene rings is 1. The number of hydrogen-bond acceptors (Lipinski definition) is 7. The number of piperidine rings is 1. The number of halogens is 1. The van der Waals surface area contributed by atoms with Gasteiger partial charge in [-0.25, -0.2) is 9.37 Å². The SMILES string of the molecule is Cc1cc2oc(-c3cc(F)c4cc(C5CCN(CCO)CC5)nnc4c3)nc2c(C)n1. The molecule has 160 valence electrons. The Morgan fingerprint density at radius 1 is 1.10 bits per heavy atom. The average molecular weight is 421 g/mol. The van der Waals surface area contributed by atoms with E-state index in [1.54, 1.807) is 6.07 Å². The molecule has 4 aromatic rings. The second kappa shape index (κ2) is 7.94. The molecule has 1 saturated heterocycles. The molecule has 0 unspecified atom stereocenters. The van der Waals surface area contributed by atoms with E-state index in [1.807, 2.05) is 26.0 Å². The zero-order valence-corrected chi connectivity index (χ0v) is 17.6. The summed E-state index contributed by atoms with van der Waals surface area (Å²) in [7, 11) is 0. The van der Waals surface area contributed by atoms with E-state index in [0.29, 0.717) is 40.0 Å². The van der Waals surface area contributed by atoms with Crippen molar-refractivity contribution >= 4 is 22.0 Å². The zero-order chi connectivity index (χ0) is 21.5. The number of aromatic nitrogens is 4. The number of aliphatic hydroxyl groups is 1. The van der Waals surface area contributed by atoms with Crippen molar-refractivity contribution in [2.75, 3.05) is 26.2 Å². The van der Waals surface area contributed by atoms with Crippen LogP contribution in [-0.4, -0.2) is 56.4 Å². The predicted molar refractivity (Wildman–Crippen MR) is 115 cm³/mol. The summed E-state index contributed by atoms with van der Waals surface area (Å²) >= 11 is 0. The zero-order valence-electron chi connectivity index (χ0n) is 17.6. The van der Waals surface area contributed by atoms with Crippen molar-refractivity contribution in [1.29, 1.82) is 0 Å². The average Bonchev–Trinajstić information content (AvgIpc) is 3.19. The van der Waals surface area contributed by atoms with Gasteiger partial charge in [0, 0.05) is 35.2 Å². The van der Waals surface area contributed by atoms with Crippen LogP contribution in [0.25, 0.3) is 33.5 Å². The van der Waals surface area contributed by atoms with E-state index < -0.39 is 0 Å². The molecule has 3 aromatic heterocycles. The smallest absolute Gasteiger partial charge is 0.227 e. The third kappa shape index (κ3) is 3.77. The Morgan fingerprint density at radius 3 is 2.68 bits per heavy atom. The Bertz CT molecular complexity index is 1260. The van der Waals surface area contributed by atoms with E-state index in [9.17, 15) is 0 Å². The first-order chi connectivity index (χ1) is 15.0. The van der Waals surface area contributed by atoms with Gasteiger partial charge in [0.1, 0.15) is 11.3 Å². The molecule has 1 N–H and O–H groups in total. The summed E-state index contributed by atoms with van der Waals surface area (Å²) in [4.78, 5) is 11.2. The topological polar surface area (TPSA) is 88.2 Å². The van der Waals surface area contributed by atoms with Crippen LogP contribution in [0, 0.1) is 19.7 Å². The molecule has 7 nitrogen and oxygen atoms in total. The van der Waals surface area contributed by atoms with Crippen LogP contribution in [0.1, 0.15) is 35.8 Å². The number of oxazole rings is 1. The quantitative estimate of drug-likeness (QED) is 0.537. The van der Waals surface area contributed by atoms with Gasteiger partial charge in [0.2, 0.25) is 5.89 Å². The van der Waals surface area contributed by atoms with Crippen LogP contribution >= 0.6 is 0 Å². The number of aliphatic hydroxyl groups excluding tert-OH is 1. The van der Waals surface area contributed by atoms with Crippen molar-refractivity contribution in [1.82, 2.24) is 25.1 Å². The molecule has 31 heavy (non-hydrogen) atoms. The normalized spacial score (nSPS) is 15.9. The number of aryl methyl sites for hydroxylation is 2. The third-order valence-corrected chi connectivity index (χ3v) is 6.02. The van der Waals surface area contributed by atoms with E-state index in [1.165, 1.54) is 6.07 Å². The van der Waals surface area contributed by atoms with Crippen molar-refractivity contribution in [2.24, 2.45) is 0 Å². The molecular weight excluding hydrogens is 397 g/mol. The third-order valence-electron chi connectivity index (χ3n) is 6.02. The summed E-state index contributed by atoms with van der Waals surface area (Å²) in [6.45, 7) is 6.44. The van der Waals surface area contributed by atoms with Crippen LogP contribution < -0.4 is 0 Å². The highest BCUT2D eigenvalue weighted by Gasteiger charge is 2.23. The number of nitrogens with zero attached hydrogens (tertiary/aromatic N) is 5. The van der Waals surface area contributed by atoms with Crippen molar-refractivity contribution in [3.8, 4) is 11.5 Å². The molecule has 0 spiro atoms. The number of rotatable bonds is 4. The van der Waals surface area contributed by atoms with Crippen LogP contribution in [0.15, 0.2) is 28.7 Å². The first-order valence-electron chi connectivity index (χ1n) is 10.6. The fourth-order valence-corrected chi connectivity index (χ4v) is 4.39. The van der Waals surface area contributed by atoms with Crippen LogP contribution in [0.5, 0.6) is 0 Å². The molecule has 0 atom stereocenters. The van der Waals surface area contributed by atoms with Crippen molar-refractivity contribution in [3.05, 3.63) is 47.2 Å². The molecule has 0 aliphatic carbocycles. The van der Waals surface area contributed by atoms with Crippen LogP contribution in [0.3, 0.4) is 0 Å². The maximum atomic E-state index is 15.1. The van der Waals surface area contributed by atoms with Gasteiger partial charge in [0.15, 0.2) is 5.58 Å². The number of likely N-dealkylation sites (tertiary alicyclic amines) is 1. The number of β-amino-alcohol motifs (C(OH)–C–C–N with tert-alkyl or cyclic N) is 1. The lowest BCUT2D eigenvalue weighted by Crippen LogP contribution is -2.35. The van der Waals surface area contributed by atoms with Crippen LogP contribution in [0.4, 0.5) is 4.39 Å². The summed E-state index contributed by atoms with van der Waals surface area (Å²) in [6, 6.07) is 6.85. The molecule has 8 heteroatoms. The summed E-state index contributed by atoms with van der Waals surface area (Å²) in [5.41, 5.74) is 4.76. The number of hydrogen-bond donors (Lipinski definition) is 1. The minimum atomic E-state index is -0.366. The van der Waals surface area contributed by atoms with E-state index in [0.717, 1.165) is 43.0 Å². The first-order valence-corrected chi connectivity index (χ1v) is 10.6. The lowest BCUT2D eigenvalue weighted by molar-refractivity contribution is 0.163. The van der Waals surface area contributed by atoms with Crippen molar-refractivity contribution in [3.63, 3.8) is 0 Å². The second-order valence-corrected chi connectivity index (χ2v) is 8.21. The lowest BCUT2D eigenvalue weighted by atomic mass is 9.92. The van der Waals surface area contributed by atoms with Gasteiger partial charge in [-0.2, -0.15) is 10.2 Å². The Balaban J connectivity index is 1.47. The first kappa shape index (κ1) is 20.0. The molecule has 4 heterocycles. The van der Waals surface area contributed by atoms with E-state index in [4.69, 9.17) is 9.52 Å². The molecule has 1 aromatic carbocycles. The molecule has 0 amide bonds. The highest BCUT2D eigenvalue weighted by atomic mass is 19.1. The standard InChI is InChI=1S/C23H24FN5O2/c1-13-9-21-22(14(2)25-13)26-23(31-21)16-10-18(24)17-12-19(27-28-20(17)11-16)15-3-5-29(6-4-15)7-8-30/h9-12,15,30H,3-8H2,1-2H3. The highest BCUT2D eigenvalue weighted by molar-refractivity contribution is 5.85. The van der Waals surface area contributed by atoms with Gasteiger partial charge < -0.3 is 14.4 Å². The summed E-state index contributed by atoms with van der Waals surface area (Å²) < 4.78 is 20.9. The van der Waals surface area contributed by atoms with Gasteiger partial charge in [0.05, 0.1) is 23.5 Å². The summed E-state index contributed by atoms with van der Waals surface area (Å²) in [5, 5.41) is 18.3. The van der Waals surface area contributed by atoms with Gasteiger partial charge in [-0.3, -0.25) is 4.98 Å². The molecule has 0 bridgehead atoms. The summed E-state index contributed by atoms with van der Waals surface area (Å²) in [5.74, 6) is 0.227. The Labute approximate surface area is 178 Å². The van der Waals surface area contributed by atoms with Gasteiger partial charge in [0.25, 0.3) is 0 Å². The van der Waals surface area contributed by atoms with Crippen molar-refractivity contribution in [2.45, 2.75) is 32.6 Å². The molecule has 0 radical (unpaired) electrons. The van der Waals surface area contributed by atoms with E-state index >= 15 is 4.39 Å². The van der Waals surface area contributed by atoms with Gasteiger partial charge in [-0.15, -0.1) is 0 Å². The maximum Gasteiger partial charge on any atom is 0.227 e. The van der Waals surface area contributed by atoms with E-state index in [-0.39, 0.29) is 18.3 Å². The molecule has 1 aliphatic rings. The summed E-state index contributed by atoms with van der Waals surface area (Å²) in [6.07, 6.45) is 1.85. The van der Waals surface area contributed by atoms with Gasteiger partial charge >= 0.3 is 0 Å². The van der Waals surface area contributed by atoms with Crippen LogP contribution in [-0.2, 0) is 0 Å². The predicted octanol–water partition coefficient (Wildman–Crippen LogP) is 3.76. The molecule has 1 aliphatic heterocycles. The number of fused-ring (bicyclic) bond motifs is 2. The monoisotopic (exact) mass is 421 g/mol. The molecular formula is C23H24FN5O2. The largest absolute Gasteiger partial charge is 0.436 e. The Morgan fingerprint density at radius 2 is 1.90 bits per heavy atom. The Hall–Kier alpha value is -2.97. The minimum absolute atomic E-state index is 0.170. The molecule has 0 saturated carbocycles. The van der Waals surface area contributed by atoms with Crippen LogP contribution in [0.2, 0.25) is 0 Å². The van der Waals surface area contributed by atoms with E-state index in [2.05, 4.69) is 25.1 Å². The highest BCUT2D eigenvalue weighted by Crippen LogP contribution is 2.32. The number of pyridine rings is 1. The van der Waals surface area contributed by atoms with Gasteiger partial charge in [-0.1, -0.05) is 0 Å².